The van der Waals surface area contributed by atoms with Crippen LogP contribution in [-0.4, -0.2) is 53.0 Å². The van der Waals surface area contributed by atoms with Gasteiger partial charge in [0.2, 0.25) is 11.8 Å². The maximum Gasteiger partial charge on any atom is 0.248 e. The summed E-state index contributed by atoms with van der Waals surface area (Å²) in [5.74, 6) is 1.01. The Labute approximate surface area is 217 Å². The van der Waals surface area contributed by atoms with E-state index in [0.29, 0.717) is 31.9 Å². The van der Waals surface area contributed by atoms with Crippen LogP contribution in [0.15, 0.2) is 67.1 Å². The molecule has 1 aliphatic heterocycles. The van der Waals surface area contributed by atoms with Crippen molar-refractivity contribution >= 4 is 11.8 Å². The third-order valence-electron chi connectivity index (χ3n) is 7.26. The molecule has 0 radical (unpaired) electrons. The number of H-pyrrole nitrogens is 1. The Morgan fingerprint density at radius 1 is 1.16 bits per heavy atom. The predicted molar refractivity (Wildman–Crippen MR) is 139 cm³/mol. The zero-order valence-corrected chi connectivity index (χ0v) is 21.2. The average molecular weight is 503 g/mol. The van der Waals surface area contributed by atoms with Crippen molar-refractivity contribution in [3.05, 3.63) is 83.9 Å². The standard InChI is InChI=1S/C29H34N4O4/c1-36-25-12-9-21(10-13-25)17-26(32-27(34)14-11-24-18-30-20-31-24)28(35)33-16-15-29(33,37-19-22-7-8-22)23-5-3-2-4-6-23/h2-6,9-10,12-13,18,20,22,26H,7-8,11,14-17,19H2,1H3,(H,30,31)(H,32,34)/t26-,29+/m1/s1. The van der Waals surface area contributed by atoms with Crippen molar-refractivity contribution in [3.63, 3.8) is 0 Å². The minimum absolute atomic E-state index is 0.128. The summed E-state index contributed by atoms with van der Waals surface area (Å²) in [6.45, 7) is 1.22. The van der Waals surface area contributed by atoms with Crippen LogP contribution >= 0.6 is 0 Å². The van der Waals surface area contributed by atoms with Crippen LogP contribution in [0.1, 0.15) is 42.5 Å². The van der Waals surface area contributed by atoms with Gasteiger partial charge in [-0.15, -0.1) is 0 Å². The molecule has 194 valence electrons. The number of aryl methyl sites for hydroxylation is 1. The van der Waals surface area contributed by atoms with Crippen LogP contribution in [0.3, 0.4) is 0 Å². The number of nitrogens with zero attached hydrogens (tertiary/aromatic N) is 2. The molecule has 8 nitrogen and oxygen atoms in total. The number of ether oxygens (including phenoxy) is 2. The summed E-state index contributed by atoms with van der Waals surface area (Å²) in [5, 5.41) is 3.02. The first-order valence-corrected chi connectivity index (χ1v) is 13.0. The SMILES string of the molecule is COc1ccc(C[C@@H](NC(=O)CCc2cnc[nH]2)C(=O)N2CC[C@]2(OCC2CC2)c2ccccc2)cc1. The molecule has 3 aromatic rings. The van der Waals surface area contributed by atoms with Gasteiger partial charge in [-0.2, -0.15) is 0 Å². The van der Waals surface area contributed by atoms with Crippen LogP contribution in [0.4, 0.5) is 0 Å². The number of carbonyl (C=O) groups excluding carboxylic acids is 2. The van der Waals surface area contributed by atoms with E-state index < -0.39 is 11.8 Å². The minimum Gasteiger partial charge on any atom is -0.497 e. The Morgan fingerprint density at radius 3 is 2.57 bits per heavy atom. The van der Waals surface area contributed by atoms with E-state index in [0.717, 1.165) is 29.0 Å². The summed E-state index contributed by atoms with van der Waals surface area (Å²) >= 11 is 0. The molecule has 5 rings (SSSR count). The summed E-state index contributed by atoms with van der Waals surface area (Å²) in [5.41, 5.74) is 2.01. The highest BCUT2D eigenvalue weighted by Crippen LogP contribution is 2.44. The molecule has 0 spiro atoms. The number of hydrogen-bond acceptors (Lipinski definition) is 5. The number of methoxy groups -OCH3 is 1. The molecule has 2 atom stereocenters. The molecule has 0 unspecified atom stereocenters. The number of aromatic nitrogens is 2. The molecular weight excluding hydrogens is 468 g/mol. The molecule has 0 bridgehead atoms. The molecule has 1 aliphatic carbocycles. The molecule has 2 heterocycles. The highest BCUT2D eigenvalue weighted by atomic mass is 16.5. The van der Waals surface area contributed by atoms with E-state index in [1.54, 1.807) is 19.6 Å². The smallest absolute Gasteiger partial charge is 0.248 e. The van der Waals surface area contributed by atoms with Crippen molar-refractivity contribution in [2.24, 2.45) is 5.92 Å². The second kappa shape index (κ2) is 11.2. The van der Waals surface area contributed by atoms with Gasteiger partial charge < -0.3 is 24.7 Å². The number of benzene rings is 2. The van der Waals surface area contributed by atoms with Gasteiger partial charge in [-0.25, -0.2) is 4.98 Å². The van der Waals surface area contributed by atoms with Gasteiger partial charge >= 0.3 is 0 Å². The van der Waals surface area contributed by atoms with Gasteiger partial charge in [-0.05, 0) is 42.9 Å². The number of likely N-dealkylation sites (tertiary alicyclic amines) is 1. The normalized spacial score (nSPS) is 19.6. The van der Waals surface area contributed by atoms with Gasteiger partial charge in [0.1, 0.15) is 11.8 Å². The second-order valence-corrected chi connectivity index (χ2v) is 9.89. The molecule has 1 saturated carbocycles. The lowest BCUT2D eigenvalue weighted by atomic mass is 9.88. The Bertz CT molecular complexity index is 1180. The number of amides is 2. The third kappa shape index (κ3) is 5.85. The van der Waals surface area contributed by atoms with Crippen molar-refractivity contribution in [1.82, 2.24) is 20.2 Å². The first kappa shape index (κ1) is 25.0. The van der Waals surface area contributed by atoms with E-state index in [1.807, 2.05) is 59.5 Å². The summed E-state index contributed by atoms with van der Waals surface area (Å²) in [6.07, 6.45) is 7.54. The van der Waals surface area contributed by atoms with Crippen molar-refractivity contribution in [2.75, 3.05) is 20.3 Å². The summed E-state index contributed by atoms with van der Waals surface area (Å²) in [7, 11) is 1.62. The summed E-state index contributed by atoms with van der Waals surface area (Å²) in [4.78, 5) is 35.9. The van der Waals surface area contributed by atoms with Gasteiger partial charge in [0.05, 0.1) is 20.0 Å². The minimum atomic E-state index is -0.792. The molecule has 2 amide bonds. The maximum atomic E-state index is 14.1. The lowest BCUT2D eigenvalue weighted by Crippen LogP contribution is -2.65. The molecular formula is C29H34N4O4. The lowest BCUT2D eigenvalue weighted by Gasteiger charge is -2.53. The fraction of sp³-hybridized carbons (Fsp3) is 0.414. The van der Waals surface area contributed by atoms with Gasteiger partial charge in [-0.1, -0.05) is 42.5 Å². The second-order valence-electron chi connectivity index (χ2n) is 9.89. The number of nitrogens with one attached hydrogen (secondary N) is 2. The molecule has 2 aliphatic rings. The van der Waals surface area contributed by atoms with E-state index in [1.165, 1.54) is 12.8 Å². The van der Waals surface area contributed by atoms with Crippen LogP contribution in [0.25, 0.3) is 0 Å². The zero-order valence-electron chi connectivity index (χ0n) is 21.2. The highest BCUT2D eigenvalue weighted by molar-refractivity contribution is 5.89. The Balaban J connectivity index is 1.36. The van der Waals surface area contributed by atoms with Crippen LogP contribution < -0.4 is 10.1 Å². The topological polar surface area (TPSA) is 96.5 Å². The number of carbonyl (C=O) groups is 2. The van der Waals surface area contributed by atoms with Crippen molar-refractivity contribution in [3.8, 4) is 5.75 Å². The van der Waals surface area contributed by atoms with Gasteiger partial charge in [0, 0.05) is 43.3 Å². The first-order valence-electron chi connectivity index (χ1n) is 13.0. The van der Waals surface area contributed by atoms with E-state index in [2.05, 4.69) is 15.3 Å². The molecule has 2 aromatic carbocycles. The van der Waals surface area contributed by atoms with Crippen molar-refractivity contribution in [1.29, 1.82) is 0 Å². The monoisotopic (exact) mass is 502 g/mol. The van der Waals surface area contributed by atoms with E-state index in [4.69, 9.17) is 9.47 Å². The molecule has 2 N–H and O–H groups in total. The molecule has 37 heavy (non-hydrogen) atoms. The first-order chi connectivity index (χ1) is 18.1. The van der Waals surface area contributed by atoms with Crippen LogP contribution in [-0.2, 0) is 32.9 Å². The number of aromatic amines is 1. The molecule has 2 fully saturated rings. The Hall–Kier alpha value is -3.65. The van der Waals surface area contributed by atoms with Gasteiger partial charge in [-0.3, -0.25) is 9.59 Å². The number of hydrogen-bond donors (Lipinski definition) is 2. The largest absolute Gasteiger partial charge is 0.497 e. The average Bonchev–Trinajstić information content (AvgIpc) is 3.59. The fourth-order valence-electron chi connectivity index (χ4n) is 4.81. The van der Waals surface area contributed by atoms with Crippen LogP contribution in [0.2, 0.25) is 0 Å². The Kier molecular flexibility index (Phi) is 7.55. The predicted octanol–water partition coefficient (Wildman–Crippen LogP) is 3.59. The highest BCUT2D eigenvalue weighted by Gasteiger charge is 2.52. The third-order valence-corrected chi connectivity index (χ3v) is 7.26. The van der Waals surface area contributed by atoms with Gasteiger partial charge in [0.25, 0.3) is 0 Å². The fourth-order valence-corrected chi connectivity index (χ4v) is 4.81. The van der Waals surface area contributed by atoms with Crippen molar-refractivity contribution < 1.29 is 19.1 Å². The maximum absolute atomic E-state index is 14.1. The number of rotatable bonds is 12. The zero-order chi connectivity index (χ0) is 25.7. The molecule has 1 aromatic heterocycles. The quantitative estimate of drug-likeness (QED) is 0.395. The Morgan fingerprint density at radius 2 is 1.95 bits per heavy atom. The van der Waals surface area contributed by atoms with Crippen LogP contribution in [0.5, 0.6) is 5.75 Å². The summed E-state index contributed by atoms with van der Waals surface area (Å²) < 4.78 is 11.8. The van der Waals surface area contributed by atoms with Gasteiger partial charge in [0.15, 0.2) is 5.72 Å². The van der Waals surface area contributed by atoms with Crippen molar-refractivity contribution in [2.45, 2.75) is 50.3 Å². The number of imidazole rings is 1. The molecule has 1 saturated heterocycles. The van der Waals surface area contributed by atoms with E-state index in [-0.39, 0.29) is 18.2 Å². The summed E-state index contributed by atoms with van der Waals surface area (Å²) in [6, 6.07) is 16.9. The van der Waals surface area contributed by atoms with E-state index >= 15 is 0 Å². The lowest BCUT2D eigenvalue weighted by molar-refractivity contribution is -0.229. The van der Waals surface area contributed by atoms with E-state index in [9.17, 15) is 9.59 Å². The van der Waals surface area contributed by atoms with Crippen LogP contribution in [0, 0.1) is 5.92 Å². The molecule has 8 heteroatoms.